The fraction of sp³-hybridized carbons (Fsp3) is 0.469. The fourth-order valence-corrected chi connectivity index (χ4v) is 8.16. The number of halogens is 3. The molecule has 0 radical (unpaired) electrons. The monoisotopic (exact) mass is 741 g/mol. The number of anilines is 2. The van der Waals surface area contributed by atoms with Gasteiger partial charge in [0.05, 0.1) is 16.2 Å². The van der Waals surface area contributed by atoms with Gasteiger partial charge in [-0.1, -0.05) is 35.3 Å². The second-order valence-corrected chi connectivity index (χ2v) is 17.2. The van der Waals surface area contributed by atoms with E-state index in [-0.39, 0.29) is 40.6 Å². The van der Waals surface area contributed by atoms with Crippen molar-refractivity contribution in [1.82, 2.24) is 15.2 Å². The summed E-state index contributed by atoms with van der Waals surface area (Å²) in [5.41, 5.74) is 1.30. The average Bonchev–Trinajstić information content (AvgIpc) is 3.43. The maximum Gasteiger partial charge on any atom is 0.430 e. The molecule has 1 unspecified atom stereocenters. The van der Waals surface area contributed by atoms with E-state index >= 15 is 4.39 Å². The van der Waals surface area contributed by atoms with E-state index in [0.29, 0.717) is 27.9 Å². The molecule has 11 nitrogen and oxygen atoms in total. The van der Waals surface area contributed by atoms with Gasteiger partial charge in [0, 0.05) is 48.0 Å². The summed E-state index contributed by atoms with van der Waals surface area (Å²) >= 11 is 14.2. The van der Waals surface area contributed by atoms with Crippen molar-refractivity contribution >= 4 is 68.3 Å². The highest BCUT2D eigenvalue weighted by Crippen LogP contribution is 2.44. The van der Waals surface area contributed by atoms with Gasteiger partial charge in [0.2, 0.25) is 0 Å². The molecule has 1 atom stereocenters. The summed E-state index contributed by atoms with van der Waals surface area (Å²) in [6.07, 6.45) is -1.10. The third-order valence-corrected chi connectivity index (χ3v) is 10.9. The van der Waals surface area contributed by atoms with E-state index in [1.54, 1.807) is 31.7 Å². The molecule has 3 heterocycles. The summed E-state index contributed by atoms with van der Waals surface area (Å²) in [6, 6.07) is 7.25. The Morgan fingerprint density at radius 1 is 1.12 bits per heavy atom. The largest absolute Gasteiger partial charge is 0.444 e. The zero-order valence-corrected chi connectivity index (χ0v) is 30.5. The minimum absolute atomic E-state index is 0.0661. The molecule has 5 rings (SSSR count). The van der Waals surface area contributed by atoms with Gasteiger partial charge in [0.1, 0.15) is 21.9 Å². The van der Waals surface area contributed by atoms with Crippen molar-refractivity contribution in [1.29, 1.82) is 0 Å². The summed E-state index contributed by atoms with van der Waals surface area (Å²) < 4.78 is 54.3. The van der Waals surface area contributed by atoms with E-state index in [0.717, 1.165) is 42.1 Å². The van der Waals surface area contributed by atoms with Gasteiger partial charge in [-0.15, -0.1) is 15.6 Å². The van der Waals surface area contributed by atoms with Crippen LogP contribution in [0.15, 0.2) is 46.1 Å². The van der Waals surface area contributed by atoms with Gasteiger partial charge < -0.3 is 25.0 Å². The SMILES string of the molecule is CC(C)(C)OC(=O)N1CC2(CNC2)C1Cc1cccc(Cl)c1CNc1cc(F)c(S(=O)(=O)N(C(=O)OC(C)(C)C)c2cscn2)cc1Cl. The van der Waals surface area contributed by atoms with Crippen molar-refractivity contribution in [2.45, 2.75) is 76.6 Å². The molecular weight excluding hydrogens is 704 g/mol. The molecule has 2 aliphatic rings. The number of nitrogens with zero attached hydrogens (tertiary/aromatic N) is 3. The highest BCUT2D eigenvalue weighted by molar-refractivity contribution is 7.93. The van der Waals surface area contributed by atoms with Crippen LogP contribution in [0.2, 0.25) is 10.0 Å². The lowest BCUT2D eigenvalue weighted by Crippen LogP contribution is -2.78. The maximum absolute atomic E-state index is 15.7. The molecule has 16 heteroatoms. The topological polar surface area (TPSA) is 130 Å². The van der Waals surface area contributed by atoms with E-state index in [9.17, 15) is 18.0 Å². The molecule has 2 aromatic carbocycles. The Hall–Kier alpha value is -3.17. The lowest BCUT2D eigenvalue weighted by Gasteiger charge is -2.62. The Bertz CT molecular complexity index is 1810. The lowest BCUT2D eigenvalue weighted by molar-refractivity contribution is -0.105. The van der Waals surface area contributed by atoms with Crippen molar-refractivity contribution < 1.29 is 31.9 Å². The summed E-state index contributed by atoms with van der Waals surface area (Å²) in [7, 11) is -4.84. The first-order chi connectivity index (χ1) is 22.3. The Kier molecular flexibility index (Phi) is 9.99. The molecule has 1 spiro atoms. The van der Waals surface area contributed by atoms with Crippen LogP contribution in [0.3, 0.4) is 0 Å². The van der Waals surface area contributed by atoms with Crippen LogP contribution in [0.1, 0.15) is 52.7 Å². The molecule has 2 saturated heterocycles. The number of benzene rings is 2. The number of carbonyl (C=O) groups excluding carboxylic acids is 2. The highest BCUT2D eigenvalue weighted by atomic mass is 35.5. The second-order valence-electron chi connectivity index (χ2n) is 13.9. The first-order valence-electron chi connectivity index (χ1n) is 15.2. The normalized spacial score (nSPS) is 17.4. The molecule has 2 N–H and O–H groups in total. The number of carbonyl (C=O) groups is 2. The molecule has 3 aromatic rings. The predicted molar refractivity (Wildman–Crippen MR) is 184 cm³/mol. The minimum atomic E-state index is -4.84. The van der Waals surface area contributed by atoms with Crippen LogP contribution >= 0.6 is 34.5 Å². The number of rotatable bonds is 8. The van der Waals surface area contributed by atoms with E-state index in [1.165, 1.54) is 10.9 Å². The van der Waals surface area contributed by atoms with Crippen LogP contribution < -0.4 is 14.9 Å². The molecule has 0 aliphatic carbocycles. The molecule has 2 amide bonds. The fourth-order valence-electron chi connectivity index (χ4n) is 5.67. The number of hydrogen-bond donors (Lipinski definition) is 2. The van der Waals surface area contributed by atoms with Crippen molar-refractivity contribution in [3.05, 3.63) is 68.2 Å². The Labute approximate surface area is 293 Å². The standard InChI is InChI=1S/C32H38Cl2FN5O6S2/c1-30(2,3)45-28(41)39-17-32(15-36-16-32)26(39)10-19-8-7-9-21(33)20(19)13-37-24-12-23(35)25(11-22(24)34)48(43,44)40(27-14-47-18-38-27)29(42)46-31(4,5)6/h7-9,11-12,14,18,26,36-37H,10,13,15-17H2,1-6H3. The summed E-state index contributed by atoms with van der Waals surface area (Å²) in [4.78, 5) is 30.9. The molecule has 48 heavy (non-hydrogen) atoms. The summed E-state index contributed by atoms with van der Waals surface area (Å²) in [6.45, 7) is 12.5. The number of thiazole rings is 1. The van der Waals surface area contributed by atoms with Crippen molar-refractivity contribution in [3.63, 3.8) is 0 Å². The first kappa shape index (κ1) is 36.1. The Morgan fingerprint density at radius 3 is 2.40 bits per heavy atom. The van der Waals surface area contributed by atoms with Crippen LogP contribution in [-0.4, -0.2) is 67.4 Å². The van der Waals surface area contributed by atoms with Crippen molar-refractivity contribution in [2.24, 2.45) is 5.41 Å². The van der Waals surface area contributed by atoms with Crippen molar-refractivity contribution in [2.75, 3.05) is 29.3 Å². The highest BCUT2D eigenvalue weighted by Gasteiger charge is 2.58. The van der Waals surface area contributed by atoms with Crippen LogP contribution in [-0.2, 0) is 32.5 Å². The molecule has 0 bridgehead atoms. The van der Waals surface area contributed by atoms with Gasteiger partial charge in [-0.05, 0) is 77.3 Å². The van der Waals surface area contributed by atoms with Gasteiger partial charge in [-0.3, -0.25) is 0 Å². The van der Waals surface area contributed by atoms with Crippen molar-refractivity contribution in [3.8, 4) is 0 Å². The van der Waals surface area contributed by atoms with Crippen LogP contribution in [0.25, 0.3) is 0 Å². The van der Waals surface area contributed by atoms with E-state index < -0.39 is 38.0 Å². The van der Waals surface area contributed by atoms with Gasteiger partial charge in [-0.25, -0.2) is 27.4 Å². The zero-order chi connectivity index (χ0) is 35.2. The number of hydrogen-bond acceptors (Lipinski definition) is 10. The number of ether oxygens (including phenoxy) is 2. The maximum atomic E-state index is 15.7. The molecule has 1 aromatic heterocycles. The minimum Gasteiger partial charge on any atom is -0.444 e. The van der Waals surface area contributed by atoms with Gasteiger partial charge in [0.25, 0.3) is 10.0 Å². The molecular formula is C32H38Cl2FN5O6S2. The third kappa shape index (κ3) is 7.52. The third-order valence-electron chi connectivity index (χ3n) is 7.96. The molecule has 0 saturated carbocycles. The lowest BCUT2D eigenvalue weighted by atomic mass is 9.65. The first-order valence-corrected chi connectivity index (χ1v) is 18.3. The smallest absolute Gasteiger partial charge is 0.430 e. The molecule has 2 aliphatic heterocycles. The summed E-state index contributed by atoms with van der Waals surface area (Å²) in [5.74, 6) is -1.39. The number of aromatic nitrogens is 1. The summed E-state index contributed by atoms with van der Waals surface area (Å²) in [5, 5.41) is 8.07. The quantitative estimate of drug-likeness (QED) is 0.249. The van der Waals surface area contributed by atoms with Gasteiger partial charge >= 0.3 is 12.2 Å². The van der Waals surface area contributed by atoms with E-state index in [2.05, 4.69) is 15.6 Å². The average molecular weight is 743 g/mol. The number of nitrogens with one attached hydrogen (secondary N) is 2. The van der Waals surface area contributed by atoms with E-state index in [4.69, 9.17) is 32.7 Å². The molecule has 2 fully saturated rings. The Morgan fingerprint density at radius 2 is 1.81 bits per heavy atom. The predicted octanol–water partition coefficient (Wildman–Crippen LogP) is 7.08. The second kappa shape index (κ2) is 13.3. The van der Waals surface area contributed by atoms with Crippen LogP contribution in [0.4, 0.5) is 25.5 Å². The van der Waals surface area contributed by atoms with Crippen LogP contribution in [0.5, 0.6) is 0 Å². The van der Waals surface area contributed by atoms with Gasteiger partial charge in [-0.2, -0.15) is 0 Å². The number of sulfonamides is 1. The number of amides is 2. The zero-order valence-electron chi connectivity index (χ0n) is 27.4. The van der Waals surface area contributed by atoms with Gasteiger partial charge in [0.15, 0.2) is 5.82 Å². The molecule has 260 valence electrons. The number of likely N-dealkylation sites (tertiary alicyclic amines) is 1. The van der Waals surface area contributed by atoms with E-state index in [1.807, 2.05) is 32.9 Å². The Balaban J connectivity index is 1.38. The van der Waals surface area contributed by atoms with Crippen LogP contribution in [0, 0.1) is 11.2 Å².